The van der Waals surface area contributed by atoms with Crippen LogP contribution in [0.1, 0.15) is 36.3 Å². The number of nitro benzene ring substituents is 1. The summed E-state index contributed by atoms with van der Waals surface area (Å²) in [6, 6.07) is 12.1. The summed E-state index contributed by atoms with van der Waals surface area (Å²) in [6.45, 7) is 1.65. The Hall–Kier alpha value is -2.93. The summed E-state index contributed by atoms with van der Waals surface area (Å²) in [4.78, 5) is 25.0. The van der Waals surface area contributed by atoms with Gasteiger partial charge in [-0.05, 0) is 62.8 Å². The van der Waals surface area contributed by atoms with Crippen LogP contribution in [0.4, 0.5) is 11.4 Å². The van der Waals surface area contributed by atoms with Crippen LogP contribution in [0.3, 0.4) is 0 Å². The number of hydrogen-bond acceptors (Lipinski definition) is 5. The van der Waals surface area contributed by atoms with Crippen LogP contribution in [-0.2, 0) is 4.79 Å². The number of carbonyl (C=O) groups is 1. The molecule has 0 aromatic heterocycles. The Labute approximate surface area is 164 Å². The number of nitrogens with one attached hydrogen (secondary N) is 1. The predicted molar refractivity (Wildman–Crippen MR) is 108 cm³/mol. The lowest BCUT2D eigenvalue weighted by molar-refractivity contribution is -0.384. The number of rotatable bonds is 8. The zero-order valence-corrected chi connectivity index (χ0v) is 16.2. The number of fused-ring (bicyclic) bond motifs is 1. The molecular formula is C21H25N3O4. The SMILES string of the molecule is CN(C)CCCCOc1ccc2c(c1)C(c1cccc([N+](=O)[O-])c1)CC(=O)N2. The molecule has 0 aliphatic carbocycles. The van der Waals surface area contributed by atoms with E-state index < -0.39 is 4.92 Å². The smallest absolute Gasteiger partial charge is 0.269 e. The molecule has 3 rings (SSSR count). The molecule has 1 aliphatic heterocycles. The number of unbranched alkanes of at least 4 members (excludes halogenated alkanes) is 1. The van der Waals surface area contributed by atoms with Gasteiger partial charge in [0.25, 0.3) is 5.69 Å². The molecule has 0 radical (unpaired) electrons. The maximum atomic E-state index is 12.1. The fourth-order valence-corrected chi connectivity index (χ4v) is 3.40. The highest BCUT2D eigenvalue weighted by Crippen LogP contribution is 2.39. The normalized spacial score (nSPS) is 15.8. The van der Waals surface area contributed by atoms with Gasteiger partial charge in [0, 0.05) is 30.2 Å². The van der Waals surface area contributed by atoms with Gasteiger partial charge in [0.1, 0.15) is 5.75 Å². The summed E-state index contributed by atoms with van der Waals surface area (Å²) in [5.41, 5.74) is 2.44. The minimum absolute atomic E-state index is 0.0262. The molecule has 0 saturated heterocycles. The van der Waals surface area contributed by atoms with Crippen molar-refractivity contribution in [3.8, 4) is 5.75 Å². The molecule has 7 nitrogen and oxygen atoms in total. The van der Waals surface area contributed by atoms with Gasteiger partial charge in [0.15, 0.2) is 0 Å². The predicted octanol–water partition coefficient (Wildman–Crippen LogP) is 3.79. The number of non-ortho nitro benzene ring substituents is 1. The molecule has 1 amide bonds. The summed E-state index contributed by atoms with van der Waals surface area (Å²) in [7, 11) is 4.10. The number of anilines is 1. The zero-order valence-electron chi connectivity index (χ0n) is 16.2. The van der Waals surface area contributed by atoms with Crippen molar-refractivity contribution in [2.75, 3.05) is 32.6 Å². The van der Waals surface area contributed by atoms with E-state index in [9.17, 15) is 14.9 Å². The van der Waals surface area contributed by atoms with Crippen molar-refractivity contribution in [1.29, 1.82) is 0 Å². The Kier molecular flexibility index (Phi) is 6.26. The van der Waals surface area contributed by atoms with Crippen LogP contribution in [0.25, 0.3) is 0 Å². The van der Waals surface area contributed by atoms with E-state index >= 15 is 0 Å². The molecule has 28 heavy (non-hydrogen) atoms. The summed E-state index contributed by atoms with van der Waals surface area (Å²) < 4.78 is 5.89. The lowest BCUT2D eigenvalue weighted by Gasteiger charge is -2.26. The molecule has 1 unspecified atom stereocenters. The molecule has 2 aromatic rings. The van der Waals surface area contributed by atoms with Crippen molar-refractivity contribution in [3.63, 3.8) is 0 Å². The first-order valence-electron chi connectivity index (χ1n) is 9.39. The summed E-state index contributed by atoms with van der Waals surface area (Å²) in [5, 5.41) is 14.0. The molecule has 1 atom stereocenters. The maximum absolute atomic E-state index is 12.1. The first-order chi connectivity index (χ1) is 13.4. The molecule has 2 aromatic carbocycles. The summed E-state index contributed by atoms with van der Waals surface area (Å²) in [6.07, 6.45) is 2.27. The van der Waals surface area contributed by atoms with Crippen LogP contribution in [0.2, 0.25) is 0 Å². The first kappa shape index (κ1) is 19.8. The summed E-state index contributed by atoms with van der Waals surface area (Å²) >= 11 is 0. The van der Waals surface area contributed by atoms with E-state index in [1.54, 1.807) is 12.1 Å². The first-order valence-corrected chi connectivity index (χ1v) is 9.39. The van der Waals surface area contributed by atoms with Crippen molar-refractivity contribution in [3.05, 3.63) is 63.7 Å². The topological polar surface area (TPSA) is 84.7 Å². The number of carbonyl (C=O) groups excluding carboxylic acids is 1. The maximum Gasteiger partial charge on any atom is 0.269 e. The molecule has 7 heteroatoms. The molecule has 0 bridgehead atoms. The average molecular weight is 383 g/mol. The highest BCUT2D eigenvalue weighted by atomic mass is 16.6. The van der Waals surface area contributed by atoms with E-state index in [2.05, 4.69) is 10.2 Å². The van der Waals surface area contributed by atoms with Crippen molar-refractivity contribution in [2.24, 2.45) is 0 Å². The Morgan fingerprint density at radius 1 is 1.21 bits per heavy atom. The van der Waals surface area contributed by atoms with Gasteiger partial charge in [-0.1, -0.05) is 12.1 Å². The lowest BCUT2D eigenvalue weighted by atomic mass is 9.84. The number of nitrogens with zero attached hydrogens (tertiary/aromatic N) is 2. The molecule has 1 aliphatic rings. The van der Waals surface area contributed by atoms with Crippen LogP contribution >= 0.6 is 0 Å². The number of amides is 1. The van der Waals surface area contributed by atoms with Crippen LogP contribution in [0, 0.1) is 10.1 Å². The van der Waals surface area contributed by atoms with Crippen LogP contribution in [0.5, 0.6) is 5.75 Å². The average Bonchev–Trinajstić information content (AvgIpc) is 2.67. The van der Waals surface area contributed by atoms with Crippen molar-refractivity contribution in [1.82, 2.24) is 4.90 Å². The van der Waals surface area contributed by atoms with Crippen LogP contribution < -0.4 is 10.1 Å². The van der Waals surface area contributed by atoms with Crippen molar-refractivity contribution < 1.29 is 14.5 Å². The second-order valence-corrected chi connectivity index (χ2v) is 7.26. The Morgan fingerprint density at radius 2 is 2.04 bits per heavy atom. The molecule has 0 saturated carbocycles. The second-order valence-electron chi connectivity index (χ2n) is 7.26. The number of ether oxygens (including phenoxy) is 1. The Bertz CT molecular complexity index is 866. The van der Waals surface area contributed by atoms with Crippen LogP contribution in [-0.4, -0.2) is 43.0 Å². The molecule has 0 spiro atoms. The molecule has 1 N–H and O–H groups in total. The molecular weight excluding hydrogens is 358 g/mol. The van der Waals surface area contributed by atoms with E-state index in [1.165, 1.54) is 6.07 Å². The standard InChI is InChI=1S/C21H25N3O4/c1-23(2)10-3-4-11-28-17-8-9-20-19(13-17)18(14-21(25)22-20)15-6-5-7-16(12-15)24(26)27/h5-9,12-13,18H,3-4,10-11,14H2,1-2H3,(H,22,25). The Balaban J connectivity index is 1.79. The van der Waals surface area contributed by atoms with Crippen molar-refractivity contribution in [2.45, 2.75) is 25.2 Å². The monoisotopic (exact) mass is 383 g/mol. The third-order valence-electron chi connectivity index (χ3n) is 4.81. The summed E-state index contributed by atoms with van der Waals surface area (Å²) in [5.74, 6) is 0.414. The van der Waals surface area contributed by atoms with Crippen LogP contribution in [0.15, 0.2) is 42.5 Å². The van der Waals surface area contributed by atoms with E-state index in [-0.39, 0.29) is 23.9 Å². The van der Waals surface area contributed by atoms with Crippen molar-refractivity contribution >= 4 is 17.3 Å². The highest BCUT2D eigenvalue weighted by molar-refractivity contribution is 5.95. The van der Waals surface area contributed by atoms with Gasteiger partial charge in [0.05, 0.1) is 11.5 Å². The third-order valence-corrected chi connectivity index (χ3v) is 4.81. The quantitative estimate of drug-likeness (QED) is 0.426. The van der Waals surface area contributed by atoms with Gasteiger partial charge in [-0.15, -0.1) is 0 Å². The zero-order chi connectivity index (χ0) is 20.1. The number of nitro groups is 1. The van der Waals surface area contributed by atoms with Gasteiger partial charge < -0.3 is 15.0 Å². The van der Waals surface area contributed by atoms with Gasteiger partial charge in [0.2, 0.25) is 5.91 Å². The third kappa shape index (κ3) is 4.86. The molecule has 1 heterocycles. The Morgan fingerprint density at radius 3 is 2.79 bits per heavy atom. The van der Waals surface area contributed by atoms with E-state index in [1.807, 2.05) is 38.4 Å². The van der Waals surface area contributed by atoms with Gasteiger partial charge >= 0.3 is 0 Å². The minimum atomic E-state index is -0.416. The number of hydrogen-bond donors (Lipinski definition) is 1. The number of benzene rings is 2. The van der Waals surface area contributed by atoms with E-state index in [0.29, 0.717) is 6.61 Å². The van der Waals surface area contributed by atoms with Gasteiger partial charge in [-0.3, -0.25) is 14.9 Å². The minimum Gasteiger partial charge on any atom is -0.494 e. The van der Waals surface area contributed by atoms with E-state index in [0.717, 1.165) is 42.0 Å². The molecule has 148 valence electrons. The largest absolute Gasteiger partial charge is 0.494 e. The second kappa shape index (κ2) is 8.84. The van der Waals surface area contributed by atoms with E-state index in [4.69, 9.17) is 4.74 Å². The fraction of sp³-hybridized carbons (Fsp3) is 0.381. The lowest BCUT2D eigenvalue weighted by Crippen LogP contribution is -2.23. The fourth-order valence-electron chi connectivity index (χ4n) is 3.40. The van der Waals surface area contributed by atoms with Gasteiger partial charge in [-0.25, -0.2) is 0 Å². The van der Waals surface area contributed by atoms with Gasteiger partial charge in [-0.2, -0.15) is 0 Å². The highest BCUT2D eigenvalue weighted by Gasteiger charge is 2.28. The molecule has 0 fully saturated rings.